The minimum atomic E-state index is 0.943. The van der Waals surface area contributed by atoms with Crippen LogP contribution in [0.4, 0.5) is 0 Å². The molecule has 0 aromatic heterocycles. The van der Waals surface area contributed by atoms with Crippen LogP contribution in [0.2, 0.25) is 0 Å². The molecule has 1 aliphatic heterocycles. The summed E-state index contributed by atoms with van der Waals surface area (Å²) in [7, 11) is 0. The van der Waals surface area contributed by atoms with E-state index in [0.717, 1.165) is 12.1 Å². The summed E-state index contributed by atoms with van der Waals surface area (Å²) in [5, 5.41) is 0. The number of hydrogen-bond acceptors (Lipinski definition) is 1. The highest BCUT2D eigenvalue weighted by atomic mass is 15.2. The van der Waals surface area contributed by atoms with Crippen molar-refractivity contribution in [2.45, 2.75) is 96.1 Å². The molecule has 0 bridgehead atoms. The minimum Gasteiger partial charge on any atom is -0.297 e. The maximum Gasteiger partial charge on any atom is 0.00982 e. The second-order valence-corrected chi connectivity index (χ2v) is 6.18. The molecule has 0 aromatic carbocycles. The highest BCUT2D eigenvalue weighted by Crippen LogP contribution is 2.30. The first kappa shape index (κ1) is 13.4. The number of unbranched alkanes of at least 4 members (excludes halogenated alkanes) is 2. The zero-order valence-electron chi connectivity index (χ0n) is 11.8. The fraction of sp³-hybridized carbons (Fsp3) is 1.00. The van der Waals surface area contributed by atoms with Crippen molar-refractivity contribution in [1.29, 1.82) is 0 Å². The molecule has 100 valence electrons. The predicted octanol–water partition coefficient (Wildman–Crippen LogP) is 4.75. The van der Waals surface area contributed by atoms with Crippen molar-refractivity contribution in [2.24, 2.45) is 0 Å². The van der Waals surface area contributed by atoms with Gasteiger partial charge in [0.05, 0.1) is 0 Å². The lowest BCUT2D eigenvalue weighted by molar-refractivity contribution is 0.0665. The zero-order chi connectivity index (χ0) is 11.9. The van der Waals surface area contributed by atoms with Gasteiger partial charge in [0.2, 0.25) is 0 Å². The molecule has 17 heavy (non-hydrogen) atoms. The monoisotopic (exact) mass is 237 g/mol. The summed E-state index contributed by atoms with van der Waals surface area (Å²) in [6, 6.07) is 1.90. The van der Waals surface area contributed by atoms with Crippen molar-refractivity contribution in [3.63, 3.8) is 0 Å². The Labute approximate surface area is 108 Å². The van der Waals surface area contributed by atoms with Crippen LogP contribution in [0, 0.1) is 0 Å². The third-order valence-electron chi connectivity index (χ3n) is 4.86. The topological polar surface area (TPSA) is 3.24 Å². The molecule has 0 N–H and O–H groups in total. The Hall–Kier alpha value is -0.0400. The Balaban J connectivity index is 1.82. The van der Waals surface area contributed by atoms with Crippen molar-refractivity contribution < 1.29 is 0 Å². The van der Waals surface area contributed by atoms with Crippen molar-refractivity contribution in [2.75, 3.05) is 6.54 Å². The molecule has 1 saturated carbocycles. The summed E-state index contributed by atoms with van der Waals surface area (Å²) in [4.78, 5) is 2.92. The van der Waals surface area contributed by atoms with Gasteiger partial charge in [-0.2, -0.15) is 0 Å². The van der Waals surface area contributed by atoms with E-state index in [1.165, 1.54) is 83.6 Å². The molecule has 1 aliphatic carbocycles. The number of piperidine rings is 1. The van der Waals surface area contributed by atoms with Crippen LogP contribution < -0.4 is 0 Å². The van der Waals surface area contributed by atoms with Gasteiger partial charge in [-0.25, -0.2) is 0 Å². The van der Waals surface area contributed by atoms with Crippen LogP contribution in [-0.4, -0.2) is 23.5 Å². The molecule has 2 fully saturated rings. The lowest BCUT2D eigenvalue weighted by Crippen LogP contribution is -2.47. The molecule has 2 rings (SSSR count). The number of rotatable bonds is 5. The van der Waals surface area contributed by atoms with Crippen molar-refractivity contribution >= 4 is 0 Å². The third-order valence-corrected chi connectivity index (χ3v) is 4.86. The van der Waals surface area contributed by atoms with Gasteiger partial charge in [0.25, 0.3) is 0 Å². The van der Waals surface area contributed by atoms with E-state index >= 15 is 0 Å². The minimum absolute atomic E-state index is 0.943. The van der Waals surface area contributed by atoms with Crippen molar-refractivity contribution in [1.82, 2.24) is 4.90 Å². The summed E-state index contributed by atoms with van der Waals surface area (Å²) < 4.78 is 0. The molecule has 0 spiro atoms. The molecule has 0 amide bonds. The predicted molar refractivity (Wildman–Crippen MR) is 75.4 cm³/mol. The molecule has 0 radical (unpaired) electrons. The van der Waals surface area contributed by atoms with Gasteiger partial charge in [0.15, 0.2) is 0 Å². The second-order valence-electron chi connectivity index (χ2n) is 6.18. The molecule has 1 heterocycles. The number of likely N-dealkylation sites (tertiary alicyclic amines) is 1. The first-order chi connectivity index (χ1) is 8.42. The average Bonchev–Trinajstić information content (AvgIpc) is 2.41. The lowest BCUT2D eigenvalue weighted by atomic mass is 9.89. The maximum absolute atomic E-state index is 2.92. The van der Waals surface area contributed by atoms with Crippen LogP contribution in [0.25, 0.3) is 0 Å². The van der Waals surface area contributed by atoms with E-state index in [4.69, 9.17) is 0 Å². The van der Waals surface area contributed by atoms with Crippen molar-refractivity contribution in [3.05, 3.63) is 0 Å². The fourth-order valence-electron chi connectivity index (χ4n) is 3.86. The second kappa shape index (κ2) is 7.41. The Bertz CT molecular complexity index is 196. The van der Waals surface area contributed by atoms with Crippen LogP contribution in [0.15, 0.2) is 0 Å². The first-order valence-corrected chi connectivity index (χ1v) is 8.17. The Kier molecular flexibility index (Phi) is 5.84. The molecular formula is C16H31N. The van der Waals surface area contributed by atoms with Gasteiger partial charge < -0.3 is 0 Å². The van der Waals surface area contributed by atoms with Gasteiger partial charge in [0, 0.05) is 12.1 Å². The van der Waals surface area contributed by atoms with E-state index in [1.54, 1.807) is 0 Å². The van der Waals surface area contributed by atoms with Crippen LogP contribution >= 0.6 is 0 Å². The molecule has 2 aliphatic rings. The fourth-order valence-corrected chi connectivity index (χ4v) is 3.86. The summed E-state index contributed by atoms with van der Waals surface area (Å²) >= 11 is 0. The number of hydrogen-bond donors (Lipinski definition) is 0. The molecule has 1 heteroatoms. The molecule has 1 saturated heterocycles. The van der Waals surface area contributed by atoms with Gasteiger partial charge >= 0.3 is 0 Å². The van der Waals surface area contributed by atoms with Crippen LogP contribution in [0.1, 0.15) is 84.0 Å². The smallest absolute Gasteiger partial charge is 0.00982 e. The van der Waals surface area contributed by atoms with E-state index in [9.17, 15) is 0 Å². The zero-order valence-corrected chi connectivity index (χ0v) is 11.8. The Morgan fingerprint density at radius 1 is 0.882 bits per heavy atom. The van der Waals surface area contributed by atoms with Crippen LogP contribution in [0.5, 0.6) is 0 Å². The van der Waals surface area contributed by atoms with E-state index in [2.05, 4.69) is 11.8 Å². The summed E-state index contributed by atoms with van der Waals surface area (Å²) in [6.45, 7) is 3.72. The largest absolute Gasteiger partial charge is 0.297 e. The van der Waals surface area contributed by atoms with Gasteiger partial charge in [-0.1, -0.05) is 51.9 Å². The Morgan fingerprint density at radius 2 is 1.65 bits per heavy atom. The average molecular weight is 237 g/mol. The number of nitrogens with zero attached hydrogens (tertiary/aromatic N) is 1. The molecular weight excluding hydrogens is 206 g/mol. The van der Waals surface area contributed by atoms with Gasteiger partial charge in [-0.05, 0) is 38.6 Å². The van der Waals surface area contributed by atoms with E-state index in [0.29, 0.717) is 0 Å². The Morgan fingerprint density at radius 3 is 2.41 bits per heavy atom. The van der Waals surface area contributed by atoms with Gasteiger partial charge in [0.1, 0.15) is 0 Å². The quantitative estimate of drug-likeness (QED) is 0.623. The summed E-state index contributed by atoms with van der Waals surface area (Å²) in [6.07, 6.45) is 17.6. The molecule has 1 nitrogen and oxygen atoms in total. The SMILES string of the molecule is CCCCCC1CCCCN1C1CCCCC1. The molecule has 1 unspecified atom stereocenters. The molecule has 1 atom stereocenters. The van der Waals surface area contributed by atoms with E-state index in [-0.39, 0.29) is 0 Å². The highest BCUT2D eigenvalue weighted by molar-refractivity contribution is 4.84. The van der Waals surface area contributed by atoms with Crippen molar-refractivity contribution in [3.8, 4) is 0 Å². The highest BCUT2D eigenvalue weighted by Gasteiger charge is 2.28. The first-order valence-electron chi connectivity index (χ1n) is 8.17. The normalized spacial score (nSPS) is 28.4. The summed E-state index contributed by atoms with van der Waals surface area (Å²) in [5.74, 6) is 0. The lowest BCUT2D eigenvalue weighted by Gasteiger charge is -2.43. The standard InChI is InChI=1S/C16H31N/c1-2-3-5-10-15-13-8-9-14-17(15)16-11-6-4-7-12-16/h15-16H,2-14H2,1H3. The molecule has 0 aromatic rings. The van der Waals surface area contributed by atoms with Gasteiger partial charge in [-0.15, -0.1) is 0 Å². The summed E-state index contributed by atoms with van der Waals surface area (Å²) in [5.41, 5.74) is 0. The van der Waals surface area contributed by atoms with Gasteiger partial charge in [-0.3, -0.25) is 4.90 Å². The van der Waals surface area contributed by atoms with E-state index in [1.807, 2.05) is 0 Å². The van der Waals surface area contributed by atoms with Crippen LogP contribution in [-0.2, 0) is 0 Å². The van der Waals surface area contributed by atoms with E-state index < -0.39 is 0 Å². The maximum atomic E-state index is 2.92. The third kappa shape index (κ3) is 3.98. The van der Waals surface area contributed by atoms with Crippen LogP contribution in [0.3, 0.4) is 0 Å².